The van der Waals surface area contributed by atoms with Crippen LogP contribution in [0.1, 0.15) is 5.56 Å². The van der Waals surface area contributed by atoms with Gasteiger partial charge in [-0.1, -0.05) is 30.3 Å². The molecule has 1 saturated heterocycles. The Labute approximate surface area is 98.3 Å². The lowest BCUT2D eigenvalue weighted by Crippen LogP contribution is -2.41. The van der Waals surface area contributed by atoms with Gasteiger partial charge in [0.25, 0.3) is 5.91 Å². The molecule has 0 spiro atoms. The molecule has 1 heterocycles. The van der Waals surface area contributed by atoms with Crippen LogP contribution in [0, 0.1) is 0 Å². The quantitative estimate of drug-likeness (QED) is 0.684. The van der Waals surface area contributed by atoms with E-state index in [1.165, 1.54) is 0 Å². The molecule has 1 aliphatic rings. The maximum atomic E-state index is 11.4. The molecule has 90 valence electrons. The minimum Gasteiger partial charge on any atom is -0.445 e. The summed E-state index contributed by atoms with van der Waals surface area (Å²) in [5.74, 6) is -0.262. The van der Waals surface area contributed by atoms with Gasteiger partial charge in [0, 0.05) is 6.54 Å². The molecule has 1 aromatic carbocycles. The van der Waals surface area contributed by atoms with Crippen LogP contribution in [-0.2, 0) is 16.1 Å². The lowest BCUT2D eigenvalue weighted by atomic mass is 10.2. The Morgan fingerprint density at radius 3 is 2.82 bits per heavy atom. The van der Waals surface area contributed by atoms with Gasteiger partial charge in [0.05, 0.1) is 0 Å². The standard InChI is InChI=1S/C11H13N3O3/c15-10-9(6-12-14-10)13-11(16)17-7-8-4-2-1-3-5-8/h1-5,9,12H,6-7H2,(H,13,16)(H,14,15)/t9-/m0/s1. The van der Waals surface area contributed by atoms with Crippen LogP contribution in [0.15, 0.2) is 30.3 Å². The van der Waals surface area contributed by atoms with Crippen molar-refractivity contribution in [3.63, 3.8) is 0 Å². The third-order valence-electron chi connectivity index (χ3n) is 2.34. The zero-order valence-corrected chi connectivity index (χ0v) is 9.10. The second kappa shape index (κ2) is 5.31. The smallest absolute Gasteiger partial charge is 0.408 e. The summed E-state index contributed by atoms with van der Waals surface area (Å²) >= 11 is 0. The SMILES string of the molecule is O=C(N[C@H]1CNNC1=O)OCc1ccccc1. The largest absolute Gasteiger partial charge is 0.445 e. The van der Waals surface area contributed by atoms with Crippen LogP contribution >= 0.6 is 0 Å². The predicted molar refractivity (Wildman–Crippen MR) is 59.7 cm³/mol. The highest BCUT2D eigenvalue weighted by atomic mass is 16.5. The zero-order chi connectivity index (χ0) is 12.1. The molecule has 1 aliphatic heterocycles. The van der Waals surface area contributed by atoms with Gasteiger partial charge >= 0.3 is 6.09 Å². The van der Waals surface area contributed by atoms with Crippen molar-refractivity contribution in [1.82, 2.24) is 16.2 Å². The van der Waals surface area contributed by atoms with E-state index >= 15 is 0 Å². The Morgan fingerprint density at radius 2 is 2.18 bits per heavy atom. The Balaban J connectivity index is 1.76. The molecule has 1 fully saturated rings. The van der Waals surface area contributed by atoms with Crippen LogP contribution < -0.4 is 16.2 Å². The van der Waals surface area contributed by atoms with Crippen LogP contribution in [-0.4, -0.2) is 24.6 Å². The molecular weight excluding hydrogens is 222 g/mol. The van der Waals surface area contributed by atoms with Gasteiger partial charge in [0.2, 0.25) is 0 Å². The van der Waals surface area contributed by atoms with Crippen molar-refractivity contribution in [3.8, 4) is 0 Å². The molecule has 1 atom stereocenters. The first kappa shape index (κ1) is 11.4. The molecule has 1 aromatic rings. The molecule has 0 unspecified atom stereocenters. The molecule has 0 saturated carbocycles. The molecule has 2 rings (SSSR count). The summed E-state index contributed by atoms with van der Waals surface area (Å²) in [5.41, 5.74) is 5.92. The minimum absolute atomic E-state index is 0.189. The number of ether oxygens (including phenoxy) is 1. The molecule has 2 amide bonds. The Bertz CT molecular complexity index is 408. The summed E-state index contributed by atoms with van der Waals surface area (Å²) in [6, 6.07) is 8.76. The summed E-state index contributed by atoms with van der Waals surface area (Å²) < 4.78 is 4.98. The number of carbonyl (C=O) groups is 2. The monoisotopic (exact) mass is 235 g/mol. The Hall–Kier alpha value is -2.08. The first-order chi connectivity index (χ1) is 8.25. The fourth-order valence-electron chi connectivity index (χ4n) is 1.44. The molecule has 3 N–H and O–H groups in total. The predicted octanol–water partition coefficient (Wildman–Crippen LogP) is -0.0842. The number of hydrogen-bond donors (Lipinski definition) is 3. The van der Waals surface area contributed by atoms with E-state index in [0.29, 0.717) is 6.54 Å². The number of alkyl carbamates (subject to hydrolysis) is 1. The van der Waals surface area contributed by atoms with E-state index in [1.807, 2.05) is 30.3 Å². The van der Waals surface area contributed by atoms with Crippen molar-refractivity contribution in [3.05, 3.63) is 35.9 Å². The van der Waals surface area contributed by atoms with Crippen molar-refractivity contribution in [2.45, 2.75) is 12.6 Å². The number of benzene rings is 1. The van der Waals surface area contributed by atoms with Gasteiger partial charge < -0.3 is 10.1 Å². The zero-order valence-electron chi connectivity index (χ0n) is 9.10. The van der Waals surface area contributed by atoms with Crippen molar-refractivity contribution in [2.75, 3.05) is 6.54 Å². The van der Waals surface area contributed by atoms with Crippen LogP contribution in [0.2, 0.25) is 0 Å². The van der Waals surface area contributed by atoms with E-state index in [9.17, 15) is 9.59 Å². The lowest BCUT2D eigenvalue weighted by molar-refractivity contribution is -0.121. The van der Waals surface area contributed by atoms with E-state index in [1.54, 1.807) is 0 Å². The Morgan fingerprint density at radius 1 is 1.41 bits per heavy atom. The first-order valence-electron chi connectivity index (χ1n) is 5.25. The topological polar surface area (TPSA) is 79.5 Å². The highest BCUT2D eigenvalue weighted by molar-refractivity contribution is 5.87. The number of carbonyl (C=O) groups excluding carboxylic acids is 2. The number of hydrazine groups is 1. The van der Waals surface area contributed by atoms with Gasteiger partial charge in [-0.05, 0) is 5.56 Å². The van der Waals surface area contributed by atoms with Crippen LogP contribution in [0.5, 0.6) is 0 Å². The third kappa shape index (κ3) is 3.18. The van der Waals surface area contributed by atoms with E-state index in [-0.39, 0.29) is 12.5 Å². The van der Waals surface area contributed by atoms with E-state index in [2.05, 4.69) is 16.2 Å². The maximum absolute atomic E-state index is 11.4. The molecule has 0 aliphatic carbocycles. The Kier molecular flexibility index (Phi) is 3.56. The second-order valence-corrected chi connectivity index (χ2v) is 3.63. The van der Waals surface area contributed by atoms with Crippen molar-refractivity contribution < 1.29 is 14.3 Å². The lowest BCUT2D eigenvalue weighted by Gasteiger charge is -2.09. The van der Waals surface area contributed by atoms with Gasteiger partial charge in [-0.3, -0.25) is 10.2 Å². The van der Waals surface area contributed by atoms with Gasteiger partial charge in [-0.25, -0.2) is 10.2 Å². The van der Waals surface area contributed by atoms with Gasteiger partial charge in [0.1, 0.15) is 12.6 Å². The molecule has 0 bridgehead atoms. The summed E-state index contributed by atoms with van der Waals surface area (Å²) in [6.07, 6.45) is -0.599. The van der Waals surface area contributed by atoms with Crippen LogP contribution in [0.25, 0.3) is 0 Å². The summed E-state index contributed by atoms with van der Waals surface area (Å²) in [4.78, 5) is 22.5. The maximum Gasteiger partial charge on any atom is 0.408 e. The van der Waals surface area contributed by atoms with Crippen LogP contribution in [0.3, 0.4) is 0 Å². The number of rotatable bonds is 3. The first-order valence-corrected chi connectivity index (χ1v) is 5.25. The van der Waals surface area contributed by atoms with Crippen molar-refractivity contribution in [2.24, 2.45) is 0 Å². The molecule has 17 heavy (non-hydrogen) atoms. The highest BCUT2D eigenvalue weighted by Gasteiger charge is 2.25. The van der Waals surface area contributed by atoms with E-state index in [4.69, 9.17) is 4.74 Å². The highest BCUT2D eigenvalue weighted by Crippen LogP contribution is 2.00. The van der Waals surface area contributed by atoms with E-state index < -0.39 is 12.1 Å². The number of nitrogens with one attached hydrogen (secondary N) is 3. The van der Waals surface area contributed by atoms with E-state index in [0.717, 1.165) is 5.56 Å². The fraction of sp³-hybridized carbons (Fsp3) is 0.273. The fourth-order valence-corrected chi connectivity index (χ4v) is 1.44. The molecule has 0 aromatic heterocycles. The van der Waals surface area contributed by atoms with Crippen molar-refractivity contribution >= 4 is 12.0 Å². The van der Waals surface area contributed by atoms with Gasteiger partial charge in [-0.2, -0.15) is 0 Å². The molecular formula is C11H13N3O3. The van der Waals surface area contributed by atoms with Crippen LogP contribution in [0.4, 0.5) is 4.79 Å². The second-order valence-electron chi connectivity index (χ2n) is 3.63. The average Bonchev–Trinajstić information content (AvgIpc) is 2.74. The minimum atomic E-state index is -0.599. The average molecular weight is 235 g/mol. The number of hydrogen-bond acceptors (Lipinski definition) is 4. The van der Waals surface area contributed by atoms with Gasteiger partial charge in [-0.15, -0.1) is 0 Å². The molecule has 0 radical (unpaired) electrons. The summed E-state index contributed by atoms with van der Waals surface area (Å²) in [5, 5.41) is 2.46. The molecule has 6 heteroatoms. The number of amides is 2. The third-order valence-corrected chi connectivity index (χ3v) is 2.34. The van der Waals surface area contributed by atoms with Crippen molar-refractivity contribution in [1.29, 1.82) is 0 Å². The summed E-state index contributed by atoms with van der Waals surface area (Å²) in [7, 11) is 0. The molecule has 6 nitrogen and oxygen atoms in total. The normalized spacial score (nSPS) is 18.6. The van der Waals surface area contributed by atoms with Gasteiger partial charge in [0.15, 0.2) is 0 Å². The summed E-state index contributed by atoms with van der Waals surface area (Å²) in [6.45, 7) is 0.549.